The van der Waals surface area contributed by atoms with Gasteiger partial charge in [0.2, 0.25) is 12.3 Å². The van der Waals surface area contributed by atoms with Crippen LogP contribution in [0.15, 0.2) is 48.8 Å². The van der Waals surface area contributed by atoms with Crippen LogP contribution < -0.4 is 16.0 Å². The van der Waals surface area contributed by atoms with Gasteiger partial charge in [0, 0.05) is 43.7 Å². The second-order valence-electron chi connectivity index (χ2n) is 9.67. The molecule has 1 atom stereocenters. The van der Waals surface area contributed by atoms with E-state index in [1.54, 1.807) is 24.5 Å². The Bertz CT molecular complexity index is 866. The standard InChI is InChI=1S/C18H27N3O3.C7H8O.C5H13N/c1-14(2)17(23)6-4-3-5-9-20-18(24)16(21-13-22)12-15-7-10-19-11-8-15;1-6-2-4-7(8)5-3-6;1-4-6-5(2)3/h7-8,10-11,13-14,16H,3-6,9,12H2,1-2H3,(H,20,24)(H,21,22);2-5,8H,1H3;5-6H,4H2,1-3H3. The maximum absolute atomic E-state index is 12.2. The highest BCUT2D eigenvalue weighted by molar-refractivity contribution is 5.83. The topological polar surface area (TPSA) is 120 Å². The molecule has 212 valence electrons. The first-order chi connectivity index (χ1) is 18.1. The number of aromatic nitrogens is 1. The van der Waals surface area contributed by atoms with E-state index < -0.39 is 6.04 Å². The highest BCUT2D eigenvalue weighted by Gasteiger charge is 2.17. The predicted molar refractivity (Wildman–Crippen MR) is 154 cm³/mol. The van der Waals surface area contributed by atoms with Gasteiger partial charge in [0.1, 0.15) is 17.6 Å². The van der Waals surface area contributed by atoms with Gasteiger partial charge in [-0.05, 0) is 56.1 Å². The number of pyridine rings is 1. The number of unbranched alkanes of at least 4 members (excludes halogenated alkanes) is 2. The Morgan fingerprint density at radius 1 is 0.974 bits per heavy atom. The third-order valence-electron chi connectivity index (χ3n) is 5.46. The maximum Gasteiger partial charge on any atom is 0.242 e. The van der Waals surface area contributed by atoms with Crippen molar-refractivity contribution in [2.45, 2.75) is 85.7 Å². The fraction of sp³-hybridized carbons (Fsp3) is 0.533. The van der Waals surface area contributed by atoms with E-state index in [1.807, 2.05) is 45.0 Å². The summed E-state index contributed by atoms with van der Waals surface area (Å²) in [6, 6.07) is 10.8. The number of carbonyl (C=O) groups is 3. The SMILES string of the molecule is CC(C)C(=O)CCCCCNC(=O)C(Cc1ccncc1)NC=O.CCNC(C)C.Cc1ccc(O)cc1. The third kappa shape index (κ3) is 18.9. The van der Waals surface area contributed by atoms with Gasteiger partial charge in [0.05, 0.1) is 0 Å². The summed E-state index contributed by atoms with van der Waals surface area (Å²) in [4.78, 5) is 38.3. The second-order valence-corrected chi connectivity index (χ2v) is 9.67. The van der Waals surface area contributed by atoms with E-state index in [9.17, 15) is 14.4 Å². The average molecular weight is 529 g/mol. The fourth-order valence-electron chi connectivity index (χ4n) is 3.24. The molecule has 1 unspecified atom stereocenters. The number of amides is 2. The molecule has 0 aliphatic rings. The lowest BCUT2D eigenvalue weighted by Gasteiger charge is -2.16. The molecule has 0 bridgehead atoms. The Morgan fingerprint density at radius 2 is 1.61 bits per heavy atom. The summed E-state index contributed by atoms with van der Waals surface area (Å²) in [6.45, 7) is 13.8. The van der Waals surface area contributed by atoms with Crippen molar-refractivity contribution in [1.29, 1.82) is 0 Å². The summed E-state index contributed by atoms with van der Waals surface area (Å²) in [7, 11) is 0. The molecule has 0 fully saturated rings. The van der Waals surface area contributed by atoms with Gasteiger partial charge >= 0.3 is 0 Å². The third-order valence-corrected chi connectivity index (χ3v) is 5.46. The molecular weight excluding hydrogens is 480 g/mol. The molecule has 2 amide bonds. The van der Waals surface area contributed by atoms with E-state index in [4.69, 9.17) is 5.11 Å². The number of ketones is 1. The van der Waals surface area contributed by atoms with Crippen LogP contribution in [0.4, 0.5) is 0 Å². The molecule has 0 saturated heterocycles. The largest absolute Gasteiger partial charge is 0.508 e. The molecule has 0 saturated carbocycles. The van der Waals surface area contributed by atoms with Crippen LogP contribution in [0.1, 0.15) is 71.4 Å². The minimum absolute atomic E-state index is 0.0908. The number of carbonyl (C=O) groups excluding carboxylic acids is 3. The molecule has 0 aliphatic heterocycles. The second kappa shape index (κ2) is 21.8. The smallest absolute Gasteiger partial charge is 0.242 e. The summed E-state index contributed by atoms with van der Waals surface area (Å²) in [5.74, 6) is 0.507. The number of aromatic hydroxyl groups is 1. The van der Waals surface area contributed by atoms with E-state index in [-0.39, 0.29) is 17.6 Å². The zero-order valence-electron chi connectivity index (χ0n) is 24.0. The van der Waals surface area contributed by atoms with Gasteiger partial charge in [-0.1, -0.05) is 58.7 Å². The molecule has 8 heteroatoms. The molecule has 38 heavy (non-hydrogen) atoms. The number of hydrogen-bond acceptors (Lipinski definition) is 6. The van der Waals surface area contributed by atoms with Crippen LogP contribution in [0.25, 0.3) is 0 Å². The lowest BCUT2D eigenvalue weighted by atomic mass is 10.0. The van der Waals surface area contributed by atoms with Crippen LogP contribution in [0.5, 0.6) is 5.75 Å². The van der Waals surface area contributed by atoms with Crippen LogP contribution in [0, 0.1) is 12.8 Å². The van der Waals surface area contributed by atoms with Gasteiger partial charge in [-0.3, -0.25) is 19.4 Å². The first kappa shape index (κ1) is 34.7. The molecule has 0 spiro atoms. The summed E-state index contributed by atoms with van der Waals surface area (Å²) >= 11 is 0. The number of nitrogens with zero attached hydrogens (tertiary/aromatic N) is 1. The quantitative estimate of drug-likeness (QED) is 0.214. The van der Waals surface area contributed by atoms with Gasteiger partial charge in [-0.15, -0.1) is 0 Å². The number of phenols is 1. The van der Waals surface area contributed by atoms with Crippen LogP contribution in [0.3, 0.4) is 0 Å². The highest BCUT2D eigenvalue weighted by Crippen LogP contribution is 2.08. The minimum atomic E-state index is -0.590. The number of phenolic OH excluding ortho intramolecular Hbond substituents is 1. The fourth-order valence-corrected chi connectivity index (χ4v) is 3.24. The van der Waals surface area contributed by atoms with Gasteiger partial charge in [-0.2, -0.15) is 0 Å². The lowest BCUT2D eigenvalue weighted by molar-refractivity contribution is -0.125. The summed E-state index contributed by atoms with van der Waals surface area (Å²) in [6.07, 6.45) is 7.45. The molecule has 8 nitrogen and oxygen atoms in total. The zero-order valence-corrected chi connectivity index (χ0v) is 24.0. The van der Waals surface area contributed by atoms with E-state index in [0.29, 0.717) is 37.6 Å². The van der Waals surface area contributed by atoms with Crippen molar-refractivity contribution in [1.82, 2.24) is 20.9 Å². The Hall–Kier alpha value is -3.26. The summed E-state index contributed by atoms with van der Waals surface area (Å²) in [5, 5.41) is 17.4. The highest BCUT2D eigenvalue weighted by atomic mass is 16.3. The molecule has 1 aromatic heterocycles. The number of Topliss-reactive ketones (excluding diaryl/α,β-unsaturated/α-hetero) is 1. The Labute approximate surface area is 229 Å². The van der Waals surface area contributed by atoms with Gasteiger partial charge in [-0.25, -0.2) is 0 Å². The van der Waals surface area contributed by atoms with Crippen molar-refractivity contribution in [2.24, 2.45) is 5.92 Å². The molecule has 0 aliphatic carbocycles. The van der Waals surface area contributed by atoms with Crippen LogP contribution in [-0.2, 0) is 20.8 Å². The van der Waals surface area contributed by atoms with Crippen LogP contribution >= 0.6 is 0 Å². The summed E-state index contributed by atoms with van der Waals surface area (Å²) < 4.78 is 0. The average Bonchev–Trinajstić information content (AvgIpc) is 2.88. The van der Waals surface area contributed by atoms with Crippen LogP contribution in [0.2, 0.25) is 0 Å². The molecular formula is C30H48N4O4. The molecule has 1 aromatic carbocycles. The van der Waals surface area contributed by atoms with Crippen molar-refractivity contribution in [3.8, 4) is 5.75 Å². The number of hydrogen-bond donors (Lipinski definition) is 4. The molecule has 1 heterocycles. The van der Waals surface area contributed by atoms with Crippen molar-refractivity contribution in [3.63, 3.8) is 0 Å². The first-order valence-electron chi connectivity index (χ1n) is 13.5. The van der Waals surface area contributed by atoms with Gasteiger partial charge in [0.15, 0.2) is 0 Å². The van der Waals surface area contributed by atoms with Gasteiger partial charge in [0.25, 0.3) is 0 Å². The molecule has 0 radical (unpaired) electrons. The Kier molecular flexibility index (Phi) is 19.9. The number of aryl methyl sites for hydroxylation is 1. The van der Waals surface area contributed by atoms with Crippen molar-refractivity contribution >= 4 is 18.1 Å². The lowest BCUT2D eigenvalue weighted by Crippen LogP contribution is -2.45. The van der Waals surface area contributed by atoms with E-state index in [1.165, 1.54) is 5.56 Å². The van der Waals surface area contributed by atoms with E-state index >= 15 is 0 Å². The zero-order chi connectivity index (χ0) is 28.8. The van der Waals surface area contributed by atoms with Crippen molar-refractivity contribution in [2.75, 3.05) is 13.1 Å². The first-order valence-corrected chi connectivity index (χ1v) is 13.5. The Balaban J connectivity index is 0.000000791. The van der Waals surface area contributed by atoms with Crippen molar-refractivity contribution in [3.05, 3.63) is 59.9 Å². The monoisotopic (exact) mass is 528 g/mol. The van der Waals surface area contributed by atoms with E-state index in [2.05, 4.69) is 41.7 Å². The molecule has 2 aromatic rings. The van der Waals surface area contributed by atoms with E-state index in [0.717, 1.165) is 31.4 Å². The van der Waals surface area contributed by atoms with Crippen LogP contribution in [-0.4, -0.2) is 53.4 Å². The molecule has 4 N–H and O–H groups in total. The predicted octanol–water partition coefficient (Wildman–Crippen LogP) is 4.35. The normalized spacial score (nSPS) is 10.9. The molecule has 2 rings (SSSR count). The van der Waals surface area contributed by atoms with Gasteiger partial charge < -0.3 is 21.1 Å². The number of nitrogens with one attached hydrogen (secondary N) is 3. The minimum Gasteiger partial charge on any atom is -0.508 e. The van der Waals surface area contributed by atoms with Crippen molar-refractivity contribution < 1.29 is 19.5 Å². The Morgan fingerprint density at radius 3 is 2.08 bits per heavy atom. The number of benzene rings is 1. The number of rotatable bonds is 14. The maximum atomic E-state index is 12.2. The summed E-state index contributed by atoms with van der Waals surface area (Å²) in [5.41, 5.74) is 2.11.